The Morgan fingerprint density at radius 3 is 2.62 bits per heavy atom. The lowest BCUT2D eigenvalue weighted by Crippen LogP contribution is -2.38. The Bertz CT molecular complexity index is 520. The predicted molar refractivity (Wildman–Crippen MR) is 84.2 cm³/mol. The van der Waals surface area contributed by atoms with Crippen molar-refractivity contribution >= 4 is 27.5 Å². The van der Waals surface area contributed by atoms with Crippen molar-refractivity contribution in [3.8, 4) is 5.75 Å². The number of benzene rings is 1. The third kappa shape index (κ3) is 4.17. The van der Waals surface area contributed by atoms with Gasteiger partial charge in [0.1, 0.15) is 0 Å². The molecule has 0 atom stereocenters. The molecule has 0 fully saturated rings. The van der Waals surface area contributed by atoms with Crippen LogP contribution in [0.15, 0.2) is 18.2 Å². The number of nitro groups is 1. The molecular formula is C14H19BrN2O4. The van der Waals surface area contributed by atoms with Crippen molar-refractivity contribution in [3.05, 3.63) is 33.9 Å². The Morgan fingerprint density at radius 2 is 2.14 bits per heavy atom. The van der Waals surface area contributed by atoms with Crippen LogP contribution in [0.4, 0.5) is 5.69 Å². The van der Waals surface area contributed by atoms with E-state index in [1.54, 1.807) is 11.0 Å². The summed E-state index contributed by atoms with van der Waals surface area (Å²) in [6, 6.07) is 4.38. The third-order valence-corrected chi connectivity index (χ3v) is 3.60. The first-order valence-electron chi connectivity index (χ1n) is 6.62. The summed E-state index contributed by atoms with van der Waals surface area (Å²) in [5.74, 6) is -0.247. The van der Waals surface area contributed by atoms with Gasteiger partial charge in [-0.15, -0.1) is 0 Å². The lowest BCUT2D eigenvalue weighted by atomic mass is 10.1. The Morgan fingerprint density at radius 1 is 1.48 bits per heavy atom. The second kappa shape index (κ2) is 7.97. The van der Waals surface area contributed by atoms with Crippen LogP contribution in [0, 0.1) is 10.1 Å². The summed E-state index contributed by atoms with van der Waals surface area (Å²) in [6.07, 6.45) is 0.807. The average molecular weight is 359 g/mol. The molecule has 0 aromatic heterocycles. The molecule has 0 bridgehead atoms. The van der Waals surface area contributed by atoms with Gasteiger partial charge in [0.2, 0.25) is 5.75 Å². The number of para-hydroxylation sites is 1. The minimum atomic E-state index is -0.548. The molecule has 0 spiro atoms. The highest BCUT2D eigenvalue weighted by atomic mass is 79.9. The fourth-order valence-electron chi connectivity index (χ4n) is 2.03. The normalized spacial score (nSPS) is 10.5. The zero-order valence-electron chi connectivity index (χ0n) is 12.3. The maximum atomic E-state index is 12.7. The van der Waals surface area contributed by atoms with E-state index < -0.39 is 4.92 Å². The number of amides is 1. The fraction of sp³-hybridized carbons (Fsp3) is 0.500. The van der Waals surface area contributed by atoms with E-state index in [-0.39, 0.29) is 28.9 Å². The van der Waals surface area contributed by atoms with Crippen molar-refractivity contribution in [3.63, 3.8) is 0 Å². The van der Waals surface area contributed by atoms with Crippen LogP contribution in [0.25, 0.3) is 0 Å². The molecule has 1 rings (SSSR count). The van der Waals surface area contributed by atoms with Crippen molar-refractivity contribution < 1.29 is 14.5 Å². The Kier molecular flexibility index (Phi) is 6.61. The van der Waals surface area contributed by atoms with Crippen LogP contribution >= 0.6 is 15.9 Å². The second-order valence-corrected chi connectivity index (χ2v) is 5.54. The summed E-state index contributed by atoms with van der Waals surface area (Å²) >= 11 is 3.34. The molecule has 0 aliphatic heterocycles. The highest BCUT2D eigenvalue weighted by molar-refractivity contribution is 9.09. The van der Waals surface area contributed by atoms with Crippen LogP contribution in [0.2, 0.25) is 0 Å². The summed E-state index contributed by atoms with van der Waals surface area (Å²) in [7, 11) is 1.33. The molecule has 0 saturated carbocycles. The molecular weight excluding hydrogens is 340 g/mol. The van der Waals surface area contributed by atoms with Gasteiger partial charge < -0.3 is 9.64 Å². The molecule has 1 amide bonds. The Hall–Kier alpha value is -1.63. The molecule has 0 radical (unpaired) electrons. The van der Waals surface area contributed by atoms with Gasteiger partial charge in [0.15, 0.2) is 0 Å². The lowest BCUT2D eigenvalue weighted by Gasteiger charge is -2.27. The predicted octanol–water partition coefficient (Wildman–Crippen LogP) is 3.24. The monoisotopic (exact) mass is 358 g/mol. The number of carbonyl (C=O) groups is 1. The quantitative estimate of drug-likeness (QED) is 0.426. The van der Waals surface area contributed by atoms with Crippen molar-refractivity contribution in [2.45, 2.75) is 26.3 Å². The first-order chi connectivity index (χ1) is 9.93. The van der Waals surface area contributed by atoms with Crippen molar-refractivity contribution in [1.29, 1.82) is 0 Å². The largest absolute Gasteiger partial charge is 0.490 e. The number of nitro benzene ring substituents is 1. The molecule has 0 aliphatic rings. The van der Waals surface area contributed by atoms with Gasteiger partial charge in [-0.3, -0.25) is 14.9 Å². The lowest BCUT2D eigenvalue weighted by molar-refractivity contribution is -0.385. The average Bonchev–Trinajstić information content (AvgIpc) is 2.45. The molecule has 1 aromatic rings. The summed E-state index contributed by atoms with van der Waals surface area (Å²) in [6.45, 7) is 4.40. The molecule has 7 heteroatoms. The minimum Gasteiger partial charge on any atom is -0.490 e. The standard InChI is InChI=1S/C14H19BrN2O4/c1-10(2)16(9-5-8-15)14(18)11-6-4-7-12(17(19)20)13(11)21-3/h4,6-7,10H,5,8-9H2,1-3H3. The number of ether oxygens (including phenoxy) is 1. The molecule has 0 heterocycles. The molecule has 0 unspecified atom stereocenters. The Labute approximate surface area is 132 Å². The first-order valence-corrected chi connectivity index (χ1v) is 7.74. The summed E-state index contributed by atoms with van der Waals surface area (Å²) in [5.41, 5.74) is 0.0162. The topological polar surface area (TPSA) is 72.7 Å². The summed E-state index contributed by atoms with van der Waals surface area (Å²) in [5, 5.41) is 11.8. The van der Waals surface area contributed by atoms with Crippen LogP contribution in [0.5, 0.6) is 5.75 Å². The molecule has 0 aliphatic carbocycles. The second-order valence-electron chi connectivity index (χ2n) is 4.75. The fourth-order valence-corrected chi connectivity index (χ4v) is 2.28. The van der Waals surface area contributed by atoms with E-state index in [0.717, 1.165) is 11.8 Å². The number of alkyl halides is 1. The summed E-state index contributed by atoms with van der Waals surface area (Å²) < 4.78 is 5.09. The number of methoxy groups -OCH3 is 1. The number of nitrogens with zero attached hydrogens (tertiary/aromatic N) is 2. The number of carbonyl (C=O) groups excluding carboxylic acids is 1. The molecule has 0 saturated heterocycles. The molecule has 1 aromatic carbocycles. The number of hydrogen-bond donors (Lipinski definition) is 0. The third-order valence-electron chi connectivity index (χ3n) is 3.04. The number of rotatable bonds is 7. The zero-order valence-corrected chi connectivity index (χ0v) is 13.9. The maximum absolute atomic E-state index is 12.7. The van der Waals surface area contributed by atoms with Crippen LogP contribution in [-0.4, -0.2) is 40.8 Å². The van der Waals surface area contributed by atoms with Gasteiger partial charge in [-0.25, -0.2) is 0 Å². The van der Waals surface area contributed by atoms with Crippen molar-refractivity contribution in [1.82, 2.24) is 4.90 Å². The van der Waals surface area contributed by atoms with Gasteiger partial charge in [0.05, 0.1) is 17.6 Å². The van der Waals surface area contributed by atoms with Gasteiger partial charge in [-0.05, 0) is 26.3 Å². The van der Waals surface area contributed by atoms with E-state index in [9.17, 15) is 14.9 Å². The van der Waals surface area contributed by atoms with E-state index in [1.807, 2.05) is 13.8 Å². The van der Waals surface area contributed by atoms with Gasteiger partial charge in [-0.1, -0.05) is 22.0 Å². The number of hydrogen-bond acceptors (Lipinski definition) is 4. The van der Waals surface area contributed by atoms with E-state index in [0.29, 0.717) is 6.54 Å². The van der Waals surface area contributed by atoms with Gasteiger partial charge >= 0.3 is 5.69 Å². The smallest absolute Gasteiger partial charge is 0.311 e. The SMILES string of the molecule is COc1c(C(=O)N(CCCBr)C(C)C)cccc1[N+](=O)[O-]. The maximum Gasteiger partial charge on any atom is 0.311 e. The minimum absolute atomic E-state index is 0.000480. The highest BCUT2D eigenvalue weighted by Crippen LogP contribution is 2.31. The molecule has 116 valence electrons. The molecule has 21 heavy (non-hydrogen) atoms. The van der Waals surface area contributed by atoms with Crippen molar-refractivity contribution in [2.24, 2.45) is 0 Å². The van der Waals surface area contributed by atoms with Crippen LogP contribution in [-0.2, 0) is 0 Å². The zero-order chi connectivity index (χ0) is 16.0. The first kappa shape index (κ1) is 17.4. The van der Waals surface area contributed by atoms with E-state index in [2.05, 4.69) is 15.9 Å². The summed E-state index contributed by atoms with van der Waals surface area (Å²) in [4.78, 5) is 24.8. The Balaban J connectivity index is 3.21. The van der Waals surface area contributed by atoms with E-state index >= 15 is 0 Å². The van der Waals surface area contributed by atoms with Crippen LogP contribution < -0.4 is 4.74 Å². The van der Waals surface area contributed by atoms with E-state index in [1.165, 1.54) is 19.2 Å². The van der Waals surface area contributed by atoms with Gasteiger partial charge in [0.25, 0.3) is 5.91 Å². The number of halogens is 1. The van der Waals surface area contributed by atoms with Crippen molar-refractivity contribution in [2.75, 3.05) is 19.0 Å². The van der Waals surface area contributed by atoms with Crippen LogP contribution in [0.1, 0.15) is 30.6 Å². The van der Waals surface area contributed by atoms with E-state index in [4.69, 9.17) is 4.74 Å². The van der Waals surface area contributed by atoms with Gasteiger partial charge in [-0.2, -0.15) is 0 Å². The van der Waals surface area contributed by atoms with Gasteiger partial charge in [0, 0.05) is 24.0 Å². The highest BCUT2D eigenvalue weighted by Gasteiger charge is 2.26. The molecule has 6 nitrogen and oxygen atoms in total. The molecule has 0 N–H and O–H groups in total. The van der Waals surface area contributed by atoms with Crippen LogP contribution in [0.3, 0.4) is 0 Å².